The first-order valence-electron chi connectivity index (χ1n) is 12.1. The van der Waals surface area contributed by atoms with Crippen LogP contribution in [0.4, 0.5) is 32.0 Å². The second-order valence-electron chi connectivity index (χ2n) is 9.57. The number of hydrogen-bond acceptors (Lipinski definition) is 5. The van der Waals surface area contributed by atoms with Crippen LogP contribution >= 0.6 is 15.9 Å². The SMILES string of the molecule is COc1cccc(O[C@H]2CCc3cc(C(O)(C(F)(F)F)C(F)(F)F)ccc3N(C(=O)CC3(Br)C=CC=NC3)C2)c1. The summed E-state index contributed by atoms with van der Waals surface area (Å²) < 4.78 is 92.0. The van der Waals surface area contributed by atoms with Gasteiger partial charge in [-0.2, -0.15) is 26.3 Å². The Labute approximate surface area is 234 Å². The first-order chi connectivity index (χ1) is 18.7. The summed E-state index contributed by atoms with van der Waals surface area (Å²) in [6.45, 7) is 0.226. The summed E-state index contributed by atoms with van der Waals surface area (Å²) in [5, 5.41) is 9.95. The first-order valence-corrected chi connectivity index (χ1v) is 12.9. The number of alkyl halides is 7. The molecule has 1 unspecified atom stereocenters. The number of aryl methyl sites for hydroxylation is 1. The van der Waals surface area contributed by atoms with Gasteiger partial charge in [-0.05, 0) is 42.7 Å². The van der Waals surface area contributed by atoms with E-state index in [9.17, 15) is 36.2 Å². The van der Waals surface area contributed by atoms with Gasteiger partial charge in [-0.3, -0.25) is 9.79 Å². The van der Waals surface area contributed by atoms with Crippen molar-refractivity contribution < 1.29 is 45.7 Å². The number of carbonyl (C=O) groups is 1. The van der Waals surface area contributed by atoms with Gasteiger partial charge in [-0.25, -0.2) is 0 Å². The van der Waals surface area contributed by atoms with Gasteiger partial charge < -0.3 is 19.5 Å². The second-order valence-corrected chi connectivity index (χ2v) is 11.2. The third-order valence-electron chi connectivity index (χ3n) is 6.76. The molecule has 0 saturated carbocycles. The number of nitrogens with zero attached hydrogens (tertiary/aromatic N) is 2. The van der Waals surface area contributed by atoms with Crippen LogP contribution in [0, 0.1) is 0 Å². The van der Waals surface area contributed by atoms with Gasteiger partial charge in [0.2, 0.25) is 5.91 Å². The molecule has 216 valence electrons. The van der Waals surface area contributed by atoms with Crippen LogP contribution in [0.5, 0.6) is 11.5 Å². The molecule has 1 amide bonds. The van der Waals surface area contributed by atoms with Gasteiger partial charge in [-0.1, -0.05) is 40.2 Å². The fourth-order valence-corrected chi connectivity index (χ4v) is 5.20. The zero-order valence-corrected chi connectivity index (χ0v) is 22.7. The smallest absolute Gasteiger partial charge is 0.430 e. The minimum atomic E-state index is -6.03. The van der Waals surface area contributed by atoms with Crippen molar-refractivity contribution in [2.75, 3.05) is 25.1 Å². The summed E-state index contributed by atoms with van der Waals surface area (Å²) in [5.41, 5.74) is -6.29. The second kappa shape index (κ2) is 11.1. The predicted octanol–water partition coefficient (Wildman–Crippen LogP) is 5.90. The number of halogens is 7. The Balaban J connectivity index is 1.73. The van der Waals surface area contributed by atoms with Gasteiger partial charge in [0.15, 0.2) is 0 Å². The molecule has 0 spiro atoms. The predicted molar refractivity (Wildman–Crippen MR) is 139 cm³/mol. The number of carbonyl (C=O) groups excluding carboxylic acids is 1. The molecule has 2 aromatic carbocycles. The van der Waals surface area contributed by atoms with Crippen molar-refractivity contribution in [3.8, 4) is 11.5 Å². The number of ether oxygens (including phenoxy) is 2. The lowest BCUT2D eigenvalue weighted by Crippen LogP contribution is -2.54. The number of aliphatic hydroxyl groups is 1. The Morgan fingerprint density at radius 3 is 2.45 bits per heavy atom. The molecule has 4 rings (SSSR count). The topological polar surface area (TPSA) is 71.4 Å². The molecule has 0 radical (unpaired) electrons. The molecular formula is C27H25BrF6N2O4. The summed E-state index contributed by atoms with van der Waals surface area (Å²) in [6, 6.07) is 8.90. The van der Waals surface area contributed by atoms with E-state index in [4.69, 9.17) is 9.47 Å². The van der Waals surface area contributed by atoms with Crippen LogP contribution in [-0.4, -0.2) is 60.2 Å². The summed E-state index contributed by atoms with van der Waals surface area (Å²) in [6.07, 6.45) is -7.69. The number of aliphatic imine (C=N–C) groups is 1. The molecule has 0 bridgehead atoms. The van der Waals surface area contributed by atoms with Gasteiger partial charge in [0, 0.05) is 30.0 Å². The molecule has 0 saturated heterocycles. The fraction of sp³-hybridized carbons (Fsp3) is 0.407. The molecule has 6 nitrogen and oxygen atoms in total. The highest BCUT2D eigenvalue weighted by Crippen LogP contribution is 2.51. The highest BCUT2D eigenvalue weighted by molar-refractivity contribution is 9.10. The number of dihydropyridines is 1. The fourth-order valence-electron chi connectivity index (χ4n) is 4.67. The van der Waals surface area contributed by atoms with Crippen molar-refractivity contribution in [2.45, 2.75) is 47.6 Å². The van der Waals surface area contributed by atoms with E-state index in [0.717, 1.165) is 6.07 Å². The molecule has 0 aliphatic carbocycles. The standard InChI is InChI=1S/C27H25BrF6N2O4/c1-39-19-4-2-5-20(13-19)40-21-8-6-17-12-18(25(38,26(29,30)31)27(32,33)34)7-9-22(17)36(15-21)23(37)14-24(28)10-3-11-35-16-24/h2-5,7,9-13,21,38H,6,8,14-16H2,1H3/t21-,24?/m0/s1. The molecule has 2 atom stereocenters. The summed E-state index contributed by atoms with van der Waals surface area (Å²) in [7, 11) is 1.47. The Morgan fingerprint density at radius 1 is 1.12 bits per heavy atom. The van der Waals surface area contributed by atoms with E-state index in [1.54, 1.807) is 42.6 Å². The summed E-state index contributed by atoms with van der Waals surface area (Å²) in [5.74, 6) is 0.473. The zero-order chi connectivity index (χ0) is 29.3. The number of rotatable bonds is 6. The molecule has 2 aliphatic rings. The Bertz CT molecular complexity index is 1300. The number of allylic oxidation sites excluding steroid dienone is 1. The number of benzene rings is 2. The number of amides is 1. The Hall–Kier alpha value is -3.06. The van der Waals surface area contributed by atoms with Crippen molar-refractivity contribution in [2.24, 2.45) is 4.99 Å². The quantitative estimate of drug-likeness (QED) is 0.317. The molecule has 2 aliphatic heterocycles. The maximum absolute atomic E-state index is 13.6. The molecule has 2 aromatic rings. The lowest BCUT2D eigenvalue weighted by molar-refractivity contribution is -0.376. The number of hydrogen-bond donors (Lipinski definition) is 1. The Morgan fingerprint density at radius 2 is 1.82 bits per heavy atom. The van der Waals surface area contributed by atoms with Crippen LogP contribution in [0.15, 0.2) is 59.6 Å². The van der Waals surface area contributed by atoms with Gasteiger partial charge in [-0.15, -0.1) is 0 Å². The van der Waals surface area contributed by atoms with Crippen LogP contribution in [0.25, 0.3) is 0 Å². The van der Waals surface area contributed by atoms with Crippen molar-refractivity contribution in [1.29, 1.82) is 0 Å². The number of anilines is 1. The highest BCUT2D eigenvalue weighted by atomic mass is 79.9. The van der Waals surface area contributed by atoms with E-state index in [-0.39, 0.29) is 43.6 Å². The number of methoxy groups -OCH3 is 1. The third kappa shape index (κ3) is 5.99. The summed E-state index contributed by atoms with van der Waals surface area (Å²) >= 11 is 3.51. The number of fused-ring (bicyclic) bond motifs is 1. The molecular weight excluding hydrogens is 610 g/mol. The lowest BCUT2D eigenvalue weighted by Gasteiger charge is -2.34. The first kappa shape index (κ1) is 29.9. The van der Waals surface area contributed by atoms with Crippen LogP contribution in [0.3, 0.4) is 0 Å². The Kier molecular flexibility index (Phi) is 8.28. The van der Waals surface area contributed by atoms with E-state index in [2.05, 4.69) is 20.9 Å². The van der Waals surface area contributed by atoms with Crippen LogP contribution in [-0.2, 0) is 16.8 Å². The monoisotopic (exact) mass is 634 g/mol. The van der Waals surface area contributed by atoms with E-state index >= 15 is 0 Å². The minimum Gasteiger partial charge on any atom is -0.497 e. The molecule has 0 aromatic heterocycles. The van der Waals surface area contributed by atoms with Crippen molar-refractivity contribution in [1.82, 2.24) is 0 Å². The van der Waals surface area contributed by atoms with Crippen LogP contribution in [0.1, 0.15) is 24.0 Å². The van der Waals surface area contributed by atoms with Crippen molar-refractivity contribution in [3.05, 3.63) is 65.7 Å². The van der Waals surface area contributed by atoms with Crippen LogP contribution in [0.2, 0.25) is 0 Å². The normalized spacial score (nSPS) is 21.5. The minimum absolute atomic E-state index is 0.0168. The van der Waals surface area contributed by atoms with Gasteiger partial charge in [0.1, 0.15) is 17.6 Å². The highest BCUT2D eigenvalue weighted by Gasteiger charge is 2.71. The lowest BCUT2D eigenvalue weighted by atomic mass is 9.89. The molecule has 40 heavy (non-hydrogen) atoms. The average Bonchev–Trinajstić information content (AvgIpc) is 3.06. The average molecular weight is 635 g/mol. The van der Waals surface area contributed by atoms with Crippen molar-refractivity contribution in [3.63, 3.8) is 0 Å². The molecule has 0 fully saturated rings. The van der Waals surface area contributed by atoms with Gasteiger partial charge in [0.05, 0.1) is 24.5 Å². The zero-order valence-electron chi connectivity index (χ0n) is 21.1. The third-order valence-corrected chi connectivity index (χ3v) is 7.56. The van der Waals surface area contributed by atoms with E-state index in [1.807, 2.05) is 0 Å². The largest absolute Gasteiger partial charge is 0.497 e. The maximum atomic E-state index is 13.6. The molecule has 1 N–H and O–H groups in total. The van der Waals surface area contributed by atoms with E-state index in [1.165, 1.54) is 12.0 Å². The van der Waals surface area contributed by atoms with Gasteiger partial charge in [0.25, 0.3) is 5.60 Å². The maximum Gasteiger partial charge on any atom is 0.430 e. The van der Waals surface area contributed by atoms with E-state index < -0.39 is 39.9 Å². The van der Waals surface area contributed by atoms with E-state index in [0.29, 0.717) is 23.6 Å². The van der Waals surface area contributed by atoms with Crippen LogP contribution < -0.4 is 14.4 Å². The van der Waals surface area contributed by atoms with Gasteiger partial charge >= 0.3 is 12.4 Å². The van der Waals surface area contributed by atoms with Crippen molar-refractivity contribution >= 4 is 33.7 Å². The summed E-state index contributed by atoms with van der Waals surface area (Å²) in [4.78, 5) is 19.1. The molecule has 13 heteroatoms. The molecule has 2 heterocycles.